The summed E-state index contributed by atoms with van der Waals surface area (Å²) in [5.41, 5.74) is 2.92. The van der Waals surface area contributed by atoms with Crippen molar-refractivity contribution in [2.75, 3.05) is 33.9 Å². The fourth-order valence-electron chi connectivity index (χ4n) is 4.41. The van der Waals surface area contributed by atoms with Crippen molar-refractivity contribution in [2.24, 2.45) is 0 Å². The first-order chi connectivity index (χ1) is 17.2. The summed E-state index contributed by atoms with van der Waals surface area (Å²) in [5.74, 6) is 3.91. The molecule has 3 amide bonds. The maximum Gasteiger partial charge on any atom is 0.278 e. The van der Waals surface area contributed by atoms with Crippen LogP contribution in [0.1, 0.15) is 40.4 Å². The predicted octanol–water partition coefficient (Wildman–Crippen LogP) is 1.14. The van der Waals surface area contributed by atoms with Gasteiger partial charge in [-0.3, -0.25) is 24.5 Å². The van der Waals surface area contributed by atoms with Crippen LogP contribution in [0.3, 0.4) is 0 Å². The maximum atomic E-state index is 13.0. The number of carbonyl (C=O) groups excluding carboxylic acids is 3. The van der Waals surface area contributed by atoms with Crippen molar-refractivity contribution in [3.63, 3.8) is 0 Å². The van der Waals surface area contributed by atoms with E-state index in [1.165, 1.54) is 38.5 Å². The van der Waals surface area contributed by atoms with Crippen molar-refractivity contribution in [1.29, 1.82) is 0 Å². The topological polar surface area (TPSA) is 111 Å². The summed E-state index contributed by atoms with van der Waals surface area (Å²) in [4.78, 5) is 40.9. The maximum absolute atomic E-state index is 13.0. The largest absolute Gasteiger partial charge is 0.377 e. The lowest BCUT2D eigenvalue weighted by Crippen LogP contribution is -2.70. The van der Waals surface area contributed by atoms with E-state index in [1.54, 1.807) is 24.3 Å². The highest BCUT2D eigenvalue weighted by atomic mass is 16.5. The zero-order valence-electron chi connectivity index (χ0n) is 20.6. The standard InChI is InChI=1S/C27H30N4O5/c1-26(24(33)28-2,25(34)29-35)30(3)23(32)22-12-10-20(11-13-22)5-4-19-6-8-21(9-7-19)16-31-15-14-27(31)17-36-18-27/h6-13,35H,14-18H2,1-3H3,(H,28,33)(H,29,34)/t26-/m0/s1. The van der Waals surface area contributed by atoms with Crippen LogP contribution in [0.15, 0.2) is 48.5 Å². The van der Waals surface area contributed by atoms with E-state index in [1.807, 2.05) is 12.1 Å². The number of likely N-dealkylation sites (N-methyl/N-ethyl adjacent to an activating group) is 2. The summed E-state index contributed by atoms with van der Waals surface area (Å²) in [7, 11) is 2.67. The molecule has 2 fully saturated rings. The molecule has 9 heteroatoms. The van der Waals surface area contributed by atoms with Crippen LogP contribution in [0, 0.1) is 11.8 Å². The second kappa shape index (κ2) is 10.1. The molecule has 2 aliphatic rings. The van der Waals surface area contributed by atoms with Gasteiger partial charge in [-0.2, -0.15) is 0 Å². The van der Waals surface area contributed by atoms with E-state index in [9.17, 15) is 14.4 Å². The average molecular weight is 491 g/mol. The third-order valence-electron chi connectivity index (χ3n) is 7.26. The minimum Gasteiger partial charge on any atom is -0.377 e. The van der Waals surface area contributed by atoms with Crippen LogP contribution in [0.25, 0.3) is 0 Å². The highest BCUT2D eigenvalue weighted by molar-refractivity contribution is 6.12. The van der Waals surface area contributed by atoms with Gasteiger partial charge in [0.05, 0.1) is 18.8 Å². The van der Waals surface area contributed by atoms with E-state index in [4.69, 9.17) is 9.94 Å². The van der Waals surface area contributed by atoms with Crippen LogP contribution in [0.2, 0.25) is 0 Å². The Kier molecular flexibility index (Phi) is 7.13. The normalized spacial score (nSPS) is 17.4. The van der Waals surface area contributed by atoms with Gasteiger partial charge in [-0.25, -0.2) is 5.48 Å². The molecule has 36 heavy (non-hydrogen) atoms. The molecule has 2 aromatic rings. The summed E-state index contributed by atoms with van der Waals surface area (Å²) < 4.78 is 5.39. The van der Waals surface area contributed by atoms with Crippen molar-refractivity contribution in [1.82, 2.24) is 20.6 Å². The fraction of sp³-hybridized carbons (Fsp3) is 0.370. The Bertz CT molecular complexity index is 1190. The number of hydrogen-bond donors (Lipinski definition) is 3. The summed E-state index contributed by atoms with van der Waals surface area (Å²) in [6.45, 7) is 4.95. The highest BCUT2D eigenvalue weighted by Crippen LogP contribution is 2.38. The third kappa shape index (κ3) is 4.58. The van der Waals surface area contributed by atoms with Gasteiger partial charge in [-0.1, -0.05) is 24.0 Å². The Morgan fingerprint density at radius 1 is 1.06 bits per heavy atom. The summed E-state index contributed by atoms with van der Waals surface area (Å²) in [6, 6.07) is 14.8. The molecule has 0 bridgehead atoms. The fourth-order valence-corrected chi connectivity index (χ4v) is 4.41. The number of likely N-dealkylation sites (tertiary alicyclic amines) is 1. The van der Waals surface area contributed by atoms with E-state index >= 15 is 0 Å². The number of rotatable bonds is 6. The van der Waals surface area contributed by atoms with E-state index in [0.717, 1.165) is 36.8 Å². The van der Waals surface area contributed by atoms with Gasteiger partial charge in [0.25, 0.3) is 17.7 Å². The molecule has 1 spiro atoms. The quantitative estimate of drug-likeness (QED) is 0.242. The lowest BCUT2D eigenvalue weighted by atomic mass is 9.82. The van der Waals surface area contributed by atoms with Crippen LogP contribution in [0.4, 0.5) is 0 Å². The van der Waals surface area contributed by atoms with Gasteiger partial charge in [0, 0.05) is 43.9 Å². The van der Waals surface area contributed by atoms with Crippen molar-refractivity contribution >= 4 is 17.7 Å². The van der Waals surface area contributed by atoms with Crippen LogP contribution < -0.4 is 10.8 Å². The van der Waals surface area contributed by atoms with E-state index in [-0.39, 0.29) is 11.1 Å². The molecule has 0 radical (unpaired) electrons. The molecule has 2 heterocycles. The number of hydroxylamine groups is 1. The Morgan fingerprint density at radius 3 is 2.08 bits per heavy atom. The average Bonchev–Trinajstić information content (AvgIpc) is 2.87. The Morgan fingerprint density at radius 2 is 1.64 bits per heavy atom. The van der Waals surface area contributed by atoms with Crippen molar-refractivity contribution in [2.45, 2.75) is 31.0 Å². The second-order valence-corrected chi connectivity index (χ2v) is 9.37. The molecule has 0 saturated carbocycles. The van der Waals surface area contributed by atoms with Crippen LogP contribution in [0.5, 0.6) is 0 Å². The number of carbonyl (C=O) groups is 3. The SMILES string of the molecule is CNC(=O)[C@@](C)(C(=O)NO)N(C)C(=O)c1ccc(C#Cc2ccc(CN3CCC34COC4)cc2)cc1. The van der Waals surface area contributed by atoms with E-state index in [2.05, 4.69) is 34.2 Å². The summed E-state index contributed by atoms with van der Waals surface area (Å²) >= 11 is 0. The lowest BCUT2D eigenvalue weighted by molar-refractivity contribution is -0.195. The Balaban J connectivity index is 1.40. The number of nitrogens with zero attached hydrogens (tertiary/aromatic N) is 2. The first-order valence-corrected chi connectivity index (χ1v) is 11.7. The molecule has 2 aliphatic heterocycles. The molecule has 2 saturated heterocycles. The number of amides is 3. The van der Waals surface area contributed by atoms with Gasteiger partial charge < -0.3 is 15.0 Å². The summed E-state index contributed by atoms with van der Waals surface area (Å²) in [5, 5.41) is 11.4. The van der Waals surface area contributed by atoms with Gasteiger partial charge in [0.15, 0.2) is 5.54 Å². The van der Waals surface area contributed by atoms with Gasteiger partial charge in [-0.15, -0.1) is 0 Å². The zero-order chi connectivity index (χ0) is 25.9. The molecular formula is C27H30N4O5. The number of nitrogens with one attached hydrogen (secondary N) is 2. The Labute approximate surface area is 210 Å². The molecule has 1 atom stereocenters. The lowest BCUT2D eigenvalue weighted by Gasteiger charge is -2.57. The molecular weight excluding hydrogens is 460 g/mol. The van der Waals surface area contributed by atoms with Gasteiger partial charge in [-0.05, 0) is 55.3 Å². The van der Waals surface area contributed by atoms with Crippen molar-refractivity contribution in [3.8, 4) is 11.8 Å². The smallest absolute Gasteiger partial charge is 0.278 e. The number of ether oxygens (including phenoxy) is 1. The monoisotopic (exact) mass is 490 g/mol. The van der Waals surface area contributed by atoms with E-state index in [0.29, 0.717) is 5.56 Å². The predicted molar refractivity (Wildman–Crippen MR) is 132 cm³/mol. The second-order valence-electron chi connectivity index (χ2n) is 9.37. The minimum absolute atomic E-state index is 0.271. The van der Waals surface area contributed by atoms with Crippen LogP contribution in [-0.4, -0.2) is 77.7 Å². The molecule has 3 N–H and O–H groups in total. The first kappa shape index (κ1) is 25.4. The van der Waals surface area contributed by atoms with Crippen LogP contribution >= 0.6 is 0 Å². The summed E-state index contributed by atoms with van der Waals surface area (Å²) in [6.07, 6.45) is 1.21. The number of hydrogen-bond acceptors (Lipinski definition) is 6. The van der Waals surface area contributed by atoms with Crippen molar-refractivity contribution in [3.05, 3.63) is 70.8 Å². The highest BCUT2D eigenvalue weighted by Gasteiger charge is 2.50. The molecule has 0 aromatic heterocycles. The first-order valence-electron chi connectivity index (χ1n) is 11.7. The molecule has 4 rings (SSSR count). The molecule has 2 aromatic carbocycles. The van der Waals surface area contributed by atoms with E-state index < -0.39 is 23.3 Å². The zero-order valence-corrected chi connectivity index (χ0v) is 20.6. The van der Waals surface area contributed by atoms with Gasteiger partial charge >= 0.3 is 0 Å². The molecule has 9 nitrogen and oxygen atoms in total. The Hall–Kier alpha value is -3.71. The van der Waals surface area contributed by atoms with Crippen LogP contribution in [-0.2, 0) is 20.9 Å². The van der Waals surface area contributed by atoms with Gasteiger partial charge in [0.1, 0.15) is 0 Å². The number of benzene rings is 2. The molecule has 0 aliphatic carbocycles. The molecule has 188 valence electrons. The van der Waals surface area contributed by atoms with Gasteiger partial charge in [0.2, 0.25) is 0 Å². The molecule has 0 unspecified atom stereocenters. The third-order valence-corrected chi connectivity index (χ3v) is 7.26. The minimum atomic E-state index is -1.94. The van der Waals surface area contributed by atoms with Crippen molar-refractivity contribution < 1.29 is 24.3 Å².